The Bertz CT molecular complexity index is 310. The number of carbonyl (C=O) groups excluding carboxylic acids is 1. The van der Waals surface area contributed by atoms with Crippen LogP contribution in [0.3, 0.4) is 0 Å². The lowest BCUT2D eigenvalue weighted by Gasteiger charge is -2.08. The zero-order valence-electron chi connectivity index (χ0n) is 7.74. The molecule has 0 atom stereocenters. The predicted octanol–water partition coefficient (Wildman–Crippen LogP) is 2.11. The van der Waals surface area contributed by atoms with Gasteiger partial charge in [0.05, 0.1) is 0 Å². The highest BCUT2D eigenvalue weighted by Gasteiger charge is 2.05. The van der Waals surface area contributed by atoms with E-state index >= 15 is 0 Å². The number of carbonyl (C=O) groups is 1. The van der Waals surface area contributed by atoms with E-state index in [0.29, 0.717) is 5.56 Å². The van der Waals surface area contributed by atoms with E-state index in [2.05, 4.69) is 17.9 Å². The molecule has 0 aromatic heterocycles. The minimum Gasteiger partial charge on any atom is -0.350 e. The highest BCUT2D eigenvalue weighted by molar-refractivity contribution is 7.80. The molecule has 0 fully saturated rings. The van der Waals surface area contributed by atoms with Crippen molar-refractivity contribution < 1.29 is 4.79 Å². The smallest absolute Gasteiger partial charge is 0.251 e. The third kappa shape index (κ3) is 3.11. The molecule has 1 aromatic rings. The van der Waals surface area contributed by atoms with E-state index in [1.165, 1.54) is 0 Å². The van der Waals surface area contributed by atoms with Crippen LogP contribution in [0.1, 0.15) is 24.2 Å². The molecule has 0 bridgehead atoms. The number of nitrogens with one attached hydrogen (secondary N) is 1. The first-order valence-corrected chi connectivity index (χ1v) is 4.64. The Morgan fingerprint density at radius 3 is 2.69 bits per heavy atom. The van der Waals surface area contributed by atoms with E-state index in [1.807, 2.05) is 26.0 Å². The summed E-state index contributed by atoms with van der Waals surface area (Å²) in [7, 11) is 0. The van der Waals surface area contributed by atoms with Crippen molar-refractivity contribution in [3.8, 4) is 0 Å². The van der Waals surface area contributed by atoms with Crippen LogP contribution < -0.4 is 5.32 Å². The van der Waals surface area contributed by atoms with Crippen LogP contribution in [0.5, 0.6) is 0 Å². The van der Waals surface area contributed by atoms with Crippen LogP contribution in [-0.4, -0.2) is 11.9 Å². The topological polar surface area (TPSA) is 29.1 Å². The lowest BCUT2D eigenvalue weighted by molar-refractivity contribution is 0.0943. The van der Waals surface area contributed by atoms with Crippen molar-refractivity contribution in [3.05, 3.63) is 29.8 Å². The van der Waals surface area contributed by atoms with Crippen molar-refractivity contribution in [1.29, 1.82) is 0 Å². The molecule has 0 unspecified atom stereocenters. The summed E-state index contributed by atoms with van der Waals surface area (Å²) in [6, 6.07) is 7.35. The monoisotopic (exact) mass is 195 g/mol. The first kappa shape index (κ1) is 10.1. The molecule has 1 N–H and O–H groups in total. The molecule has 0 saturated carbocycles. The zero-order valence-corrected chi connectivity index (χ0v) is 8.64. The molecule has 0 aliphatic heterocycles. The summed E-state index contributed by atoms with van der Waals surface area (Å²) in [5.74, 6) is -0.0501. The molecule has 0 spiro atoms. The minimum absolute atomic E-state index is 0.0501. The SMILES string of the molecule is CC(C)NC(=O)c1cccc(S)c1. The van der Waals surface area contributed by atoms with E-state index in [4.69, 9.17) is 0 Å². The van der Waals surface area contributed by atoms with Crippen molar-refractivity contribution in [2.45, 2.75) is 24.8 Å². The average molecular weight is 195 g/mol. The summed E-state index contributed by atoms with van der Waals surface area (Å²) in [6.45, 7) is 3.87. The number of thiol groups is 1. The van der Waals surface area contributed by atoms with Gasteiger partial charge in [-0.3, -0.25) is 4.79 Å². The molecule has 3 heteroatoms. The van der Waals surface area contributed by atoms with Gasteiger partial charge in [0, 0.05) is 16.5 Å². The first-order chi connectivity index (χ1) is 6.09. The Kier molecular flexibility index (Phi) is 3.37. The second-order valence-electron chi connectivity index (χ2n) is 3.18. The zero-order chi connectivity index (χ0) is 9.84. The fourth-order valence-electron chi connectivity index (χ4n) is 0.993. The van der Waals surface area contributed by atoms with Gasteiger partial charge in [-0.05, 0) is 32.0 Å². The lowest BCUT2D eigenvalue weighted by atomic mass is 10.2. The summed E-state index contributed by atoms with van der Waals surface area (Å²) in [5, 5.41) is 2.81. The first-order valence-electron chi connectivity index (χ1n) is 4.19. The third-order valence-corrected chi connectivity index (χ3v) is 1.81. The molecular formula is C10H13NOS. The predicted molar refractivity (Wildman–Crippen MR) is 56.3 cm³/mol. The number of hydrogen-bond acceptors (Lipinski definition) is 2. The molecule has 0 aliphatic carbocycles. The molecule has 1 rings (SSSR count). The Labute approximate surface area is 83.8 Å². The van der Waals surface area contributed by atoms with Crippen LogP contribution >= 0.6 is 12.6 Å². The second kappa shape index (κ2) is 4.33. The Morgan fingerprint density at radius 1 is 1.46 bits per heavy atom. The minimum atomic E-state index is -0.0501. The normalized spacial score (nSPS) is 10.2. The number of rotatable bonds is 2. The highest BCUT2D eigenvalue weighted by Crippen LogP contribution is 2.08. The Hall–Kier alpha value is -0.960. The molecule has 0 heterocycles. The van der Waals surface area contributed by atoms with Crippen molar-refractivity contribution in [3.63, 3.8) is 0 Å². The summed E-state index contributed by atoms with van der Waals surface area (Å²) < 4.78 is 0. The van der Waals surface area contributed by atoms with Gasteiger partial charge in [0.1, 0.15) is 0 Å². The number of amides is 1. The van der Waals surface area contributed by atoms with Gasteiger partial charge in [0.2, 0.25) is 0 Å². The van der Waals surface area contributed by atoms with E-state index in [0.717, 1.165) is 4.90 Å². The molecule has 70 valence electrons. The fraction of sp³-hybridized carbons (Fsp3) is 0.300. The van der Waals surface area contributed by atoms with E-state index in [-0.39, 0.29) is 11.9 Å². The Balaban J connectivity index is 2.77. The average Bonchev–Trinajstić information content (AvgIpc) is 2.03. The lowest BCUT2D eigenvalue weighted by Crippen LogP contribution is -2.29. The molecule has 0 aliphatic rings. The van der Waals surface area contributed by atoms with Gasteiger partial charge in [0.25, 0.3) is 5.91 Å². The van der Waals surface area contributed by atoms with Gasteiger partial charge in [-0.25, -0.2) is 0 Å². The van der Waals surface area contributed by atoms with Crippen LogP contribution in [0, 0.1) is 0 Å². The summed E-state index contributed by atoms with van der Waals surface area (Å²) in [4.78, 5) is 12.3. The third-order valence-electron chi connectivity index (χ3n) is 1.53. The van der Waals surface area contributed by atoms with Gasteiger partial charge in [0.15, 0.2) is 0 Å². The van der Waals surface area contributed by atoms with Crippen molar-refractivity contribution in [2.75, 3.05) is 0 Å². The molecule has 0 radical (unpaired) electrons. The number of benzene rings is 1. The quantitative estimate of drug-likeness (QED) is 0.695. The van der Waals surface area contributed by atoms with Gasteiger partial charge < -0.3 is 5.32 Å². The van der Waals surface area contributed by atoms with Crippen LogP contribution in [0.4, 0.5) is 0 Å². The maximum absolute atomic E-state index is 11.5. The summed E-state index contributed by atoms with van der Waals surface area (Å²) in [5.41, 5.74) is 0.654. The van der Waals surface area contributed by atoms with Crippen molar-refractivity contribution in [2.24, 2.45) is 0 Å². The van der Waals surface area contributed by atoms with Crippen molar-refractivity contribution >= 4 is 18.5 Å². The van der Waals surface area contributed by atoms with Crippen LogP contribution in [-0.2, 0) is 0 Å². The van der Waals surface area contributed by atoms with E-state index in [9.17, 15) is 4.79 Å². The second-order valence-corrected chi connectivity index (χ2v) is 3.69. The Morgan fingerprint density at radius 2 is 2.15 bits per heavy atom. The maximum atomic E-state index is 11.5. The molecule has 2 nitrogen and oxygen atoms in total. The summed E-state index contributed by atoms with van der Waals surface area (Å²) >= 11 is 4.16. The molecule has 13 heavy (non-hydrogen) atoms. The summed E-state index contributed by atoms with van der Waals surface area (Å²) in [6.07, 6.45) is 0. The maximum Gasteiger partial charge on any atom is 0.251 e. The van der Waals surface area contributed by atoms with E-state index in [1.54, 1.807) is 12.1 Å². The van der Waals surface area contributed by atoms with Gasteiger partial charge in [-0.15, -0.1) is 12.6 Å². The van der Waals surface area contributed by atoms with Gasteiger partial charge in [-0.1, -0.05) is 6.07 Å². The largest absolute Gasteiger partial charge is 0.350 e. The van der Waals surface area contributed by atoms with Gasteiger partial charge >= 0.3 is 0 Å². The number of hydrogen-bond donors (Lipinski definition) is 2. The fourth-order valence-corrected chi connectivity index (χ4v) is 1.22. The molecular weight excluding hydrogens is 182 g/mol. The van der Waals surface area contributed by atoms with Crippen molar-refractivity contribution in [1.82, 2.24) is 5.32 Å². The van der Waals surface area contributed by atoms with Crippen LogP contribution in [0.2, 0.25) is 0 Å². The van der Waals surface area contributed by atoms with Crippen LogP contribution in [0.15, 0.2) is 29.2 Å². The molecule has 1 aromatic carbocycles. The van der Waals surface area contributed by atoms with E-state index < -0.39 is 0 Å². The molecule has 1 amide bonds. The highest BCUT2D eigenvalue weighted by atomic mass is 32.1. The molecule has 0 saturated heterocycles. The van der Waals surface area contributed by atoms with Crippen LogP contribution in [0.25, 0.3) is 0 Å². The standard InChI is InChI=1S/C10H13NOS/c1-7(2)11-10(12)8-4-3-5-9(13)6-8/h3-7,13H,1-2H3,(H,11,12). The van der Waals surface area contributed by atoms with Gasteiger partial charge in [-0.2, -0.15) is 0 Å².